The highest BCUT2D eigenvalue weighted by molar-refractivity contribution is 6.42. The van der Waals surface area contributed by atoms with E-state index in [1.54, 1.807) is 0 Å². The Labute approximate surface area is 151 Å². The van der Waals surface area contributed by atoms with Gasteiger partial charge in [0.15, 0.2) is 0 Å². The maximum atomic E-state index is 4.83. The molecule has 0 unspecified atom stereocenters. The van der Waals surface area contributed by atoms with E-state index in [1.807, 2.05) is 0 Å². The fourth-order valence-corrected chi connectivity index (χ4v) is 2.89. The van der Waals surface area contributed by atoms with Crippen molar-refractivity contribution in [3.05, 3.63) is 53.7 Å². The van der Waals surface area contributed by atoms with E-state index < -0.39 is 0 Å². The lowest BCUT2D eigenvalue weighted by molar-refractivity contribution is 0.533. The van der Waals surface area contributed by atoms with Crippen molar-refractivity contribution in [3.63, 3.8) is 0 Å². The summed E-state index contributed by atoms with van der Waals surface area (Å²) in [4.78, 5) is 4.83. The van der Waals surface area contributed by atoms with Crippen LogP contribution in [-0.4, -0.2) is 36.4 Å². The van der Waals surface area contributed by atoms with Gasteiger partial charge in [-0.15, -0.1) is 0 Å². The van der Waals surface area contributed by atoms with Crippen molar-refractivity contribution >= 4 is 31.4 Å². The molecule has 2 rings (SSSR count). The second-order valence-corrected chi connectivity index (χ2v) is 8.73. The molecule has 0 N–H and O–H groups in total. The average Bonchev–Trinajstić information content (AvgIpc) is 2.54. The Morgan fingerprint density at radius 1 is 0.792 bits per heavy atom. The van der Waals surface area contributed by atoms with Gasteiger partial charge < -0.3 is 0 Å². The van der Waals surface area contributed by atoms with Gasteiger partial charge in [-0.05, 0) is 11.6 Å². The molecule has 5 heteroatoms. The predicted molar refractivity (Wildman–Crippen MR) is 117 cm³/mol. The van der Waals surface area contributed by atoms with Crippen LogP contribution in [0.5, 0.6) is 0 Å². The molecule has 1 heterocycles. The quantitative estimate of drug-likeness (QED) is 0.747. The van der Waals surface area contributed by atoms with Gasteiger partial charge in [0.2, 0.25) is 0 Å². The van der Waals surface area contributed by atoms with Crippen LogP contribution < -0.4 is 0 Å². The normalized spacial score (nSPS) is 12.8. The molecule has 24 heavy (non-hydrogen) atoms. The topological polar surface area (TPSA) is 12.9 Å². The summed E-state index contributed by atoms with van der Waals surface area (Å²) in [6.07, 6.45) is 2.13. The number of hydrogen-bond donors (Lipinski definition) is 0. The molecule has 0 aliphatic heterocycles. The van der Waals surface area contributed by atoms with E-state index in [0.717, 1.165) is 5.69 Å². The lowest BCUT2D eigenvalue weighted by Crippen LogP contribution is -2.41. The zero-order valence-corrected chi connectivity index (χ0v) is 16.6. The second-order valence-electron chi connectivity index (χ2n) is 8.73. The Bertz CT molecular complexity index is 694. The van der Waals surface area contributed by atoms with Crippen molar-refractivity contribution in [1.29, 1.82) is 0 Å². The average molecular weight is 315 g/mol. The van der Waals surface area contributed by atoms with Crippen LogP contribution in [0.25, 0.3) is 11.3 Å². The first-order valence-corrected chi connectivity index (χ1v) is 9.15. The third kappa shape index (κ3) is 3.50. The molecule has 0 aliphatic carbocycles. The molecule has 0 saturated heterocycles. The first-order chi connectivity index (χ1) is 11.1. The summed E-state index contributed by atoms with van der Waals surface area (Å²) in [6, 6.07) is 12.8. The smallest absolute Gasteiger partial charge is 0.105 e. The van der Waals surface area contributed by atoms with E-state index >= 15 is 0 Å². The molecule has 0 saturated carbocycles. The van der Waals surface area contributed by atoms with Crippen LogP contribution in [0.1, 0.15) is 38.8 Å². The summed E-state index contributed by atoms with van der Waals surface area (Å²) in [5.41, 5.74) is 5.08. The summed E-state index contributed by atoms with van der Waals surface area (Å²) >= 11 is 0. The molecule has 0 bridgehead atoms. The lowest BCUT2D eigenvalue weighted by atomic mass is 9.40. The van der Waals surface area contributed by atoms with Crippen molar-refractivity contribution in [1.82, 2.24) is 4.98 Å². The fourth-order valence-electron chi connectivity index (χ4n) is 2.89. The van der Waals surface area contributed by atoms with E-state index in [0.29, 0.717) is 11.8 Å². The van der Waals surface area contributed by atoms with Crippen LogP contribution in [0.15, 0.2) is 42.6 Å². The summed E-state index contributed by atoms with van der Waals surface area (Å²) in [5, 5.41) is 0.206. The minimum absolute atomic E-state index is 0.101. The van der Waals surface area contributed by atoms with Gasteiger partial charge >= 0.3 is 0 Å². The molecule has 1 aromatic carbocycles. The third-order valence-electron chi connectivity index (χ3n) is 6.25. The van der Waals surface area contributed by atoms with E-state index in [4.69, 9.17) is 4.98 Å². The Hall–Kier alpha value is -1.37. The predicted octanol–water partition coefficient (Wildman–Crippen LogP) is 0.899. The van der Waals surface area contributed by atoms with Gasteiger partial charge in [0.25, 0.3) is 0 Å². The van der Waals surface area contributed by atoms with Crippen LogP contribution in [0, 0.1) is 11.8 Å². The number of rotatable bonds is 5. The first-order valence-electron chi connectivity index (χ1n) is 9.15. The van der Waals surface area contributed by atoms with Gasteiger partial charge in [0.05, 0.1) is 5.69 Å². The third-order valence-corrected chi connectivity index (χ3v) is 6.25. The van der Waals surface area contributed by atoms with Gasteiger partial charge in [-0.3, -0.25) is 4.98 Å². The van der Waals surface area contributed by atoms with Crippen LogP contribution in [-0.2, 0) is 10.4 Å². The fraction of sp³-hybridized carbons (Fsp3) is 0.421. The zero-order chi connectivity index (χ0) is 18.1. The lowest BCUT2D eigenvalue weighted by Gasteiger charge is -2.39. The molecule has 0 radical (unpaired) electrons. The molecular weight excluding hydrogens is 285 g/mol. The number of hydrogen-bond acceptors (Lipinski definition) is 1. The van der Waals surface area contributed by atoms with Gasteiger partial charge in [-0.1, -0.05) is 85.9 Å². The summed E-state index contributed by atoms with van der Waals surface area (Å²) in [6.45, 7) is 9.23. The molecule has 0 amide bonds. The van der Waals surface area contributed by atoms with Crippen molar-refractivity contribution < 1.29 is 0 Å². The largest absolute Gasteiger partial charge is 0.256 e. The SMILES string of the molecule is BC(B)(c1cnc(-c2ccccc2)cc1C(B)(B)C(C)C)C(C)C. The zero-order valence-electron chi connectivity index (χ0n) is 16.6. The Balaban J connectivity index is 2.70. The van der Waals surface area contributed by atoms with Crippen molar-refractivity contribution in [2.45, 2.75) is 38.1 Å². The Morgan fingerprint density at radius 2 is 1.29 bits per heavy atom. The van der Waals surface area contributed by atoms with Crippen molar-refractivity contribution in [2.75, 3.05) is 0 Å². The number of aromatic nitrogens is 1. The van der Waals surface area contributed by atoms with Crippen molar-refractivity contribution in [3.8, 4) is 11.3 Å². The molecule has 0 spiro atoms. The number of pyridine rings is 1. The maximum absolute atomic E-state index is 4.83. The van der Waals surface area contributed by atoms with E-state index in [-0.39, 0.29) is 10.4 Å². The van der Waals surface area contributed by atoms with Gasteiger partial charge in [0, 0.05) is 11.8 Å². The van der Waals surface area contributed by atoms with Crippen molar-refractivity contribution in [2.24, 2.45) is 11.8 Å². The number of benzene rings is 1. The molecule has 2 aromatic rings. The standard InChI is InChI=1S/C19H29B4N/c1-12(2)18(20,21)15-10-17(14-8-6-5-7-9-14)24-11-16(15)19(22,23)13(3)4/h5-13H,20-23H2,1-4H3. The monoisotopic (exact) mass is 315 g/mol. The van der Waals surface area contributed by atoms with Crippen LogP contribution in [0.2, 0.25) is 0 Å². The minimum Gasteiger partial charge on any atom is -0.256 e. The summed E-state index contributed by atoms with van der Waals surface area (Å²) in [7, 11) is 9.41. The minimum atomic E-state index is 0.101. The number of nitrogens with zero attached hydrogens (tertiary/aromatic N) is 1. The van der Waals surface area contributed by atoms with Crippen LogP contribution in [0.4, 0.5) is 0 Å². The van der Waals surface area contributed by atoms with Crippen LogP contribution >= 0.6 is 0 Å². The van der Waals surface area contributed by atoms with E-state index in [1.165, 1.54) is 16.7 Å². The highest BCUT2D eigenvalue weighted by atomic mass is 14.7. The van der Waals surface area contributed by atoms with Gasteiger partial charge in [0.1, 0.15) is 31.4 Å². The second kappa shape index (κ2) is 6.86. The highest BCUT2D eigenvalue weighted by Crippen LogP contribution is 2.37. The molecule has 1 aromatic heterocycles. The molecule has 122 valence electrons. The van der Waals surface area contributed by atoms with E-state index in [9.17, 15) is 0 Å². The molecule has 0 fully saturated rings. The van der Waals surface area contributed by atoms with E-state index in [2.05, 4.69) is 102 Å². The molecular formula is C19H29B4N. The highest BCUT2D eigenvalue weighted by Gasteiger charge is 2.34. The summed E-state index contributed by atoms with van der Waals surface area (Å²) in [5.74, 6) is 1.12. The molecule has 0 atom stereocenters. The Kier molecular flexibility index (Phi) is 5.42. The first kappa shape index (κ1) is 19.0. The van der Waals surface area contributed by atoms with Crippen LogP contribution in [0.3, 0.4) is 0 Å². The van der Waals surface area contributed by atoms with Gasteiger partial charge in [-0.25, -0.2) is 0 Å². The Morgan fingerprint density at radius 3 is 1.79 bits per heavy atom. The van der Waals surface area contributed by atoms with Gasteiger partial charge in [-0.2, -0.15) is 0 Å². The summed E-state index contributed by atoms with van der Waals surface area (Å²) < 4.78 is 0. The maximum Gasteiger partial charge on any atom is 0.105 e. The molecule has 0 aliphatic rings. The molecule has 1 nitrogen and oxygen atoms in total.